The molecule has 6 heteroatoms. The molecule has 2 aliphatic carbocycles. The van der Waals surface area contributed by atoms with Crippen LogP contribution in [-0.2, 0) is 20.9 Å². The molecule has 136 valence electrons. The number of phenolic OH excluding ortho intramolecular Hbond substituents is 1. The van der Waals surface area contributed by atoms with Gasteiger partial charge in [0.05, 0.1) is 5.92 Å². The first-order valence-corrected chi connectivity index (χ1v) is 8.97. The summed E-state index contributed by atoms with van der Waals surface area (Å²) in [6.45, 7) is -0.0362. The van der Waals surface area contributed by atoms with E-state index < -0.39 is 5.63 Å². The molecule has 2 saturated carbocycles. The molecule has 2 bridgehead atoms. The van der Waals surface area contributed by atoms with Gasteiger partial charge < -0.3 is 14.3 Å². The molecule has 4 rings (SSSR count). The van der Waals surface area contributed by atoms with Crippen molar-refractivity contribution in [2.45, 2.75) is 38.7 Å². The van der Waals surface area contributed by atoms with Crippen molar-refractivity contribution in [3.63, 3.8) is 0 Å². The molecular weight excluding hydrogens is 336 g/mol. The highest BCUT2D eigenvalue weighted by atomic mass is 16.5. The molecule has 2 fully saturated rings. The third-order valence-corrected chi connectivity index (χ3v) is 5.57. The lowest BCUT2D eigenvalue weighted by atomic mass is 9.67. The van der Waals surface area contributed by atoms with E-state index in [1.54, 1.807) is 6.07 Å². The Balaban J connectivity index is 1.49. The number of hydrogen-bond acceptors (Lipinski definition) is 6. The minimum absolute atomic E-state index is 0.00629. The van der Waals surface area contributed by atoms with Crippen LogP contribution in [0, 0.1) is 17.8 Å². The Labute approximate surface area is 149 Å². The quantitative estimate of drug-likeness (QED) is 0.671. The molecule has 0 saturated heterocycles. The second-order valence-electron chi connectivity index (χ2n) is 7.27. The number of benzene rings is 1. The van der Waals surface area contributed by atoms with Crippen LogP contribution in [0.4, 0.5) is 0 Å². The van der Waals surface area contributed by atoms with E-state index in [2.05, 4.69) is 0 Å². The lowest BCUT2D eigenvalue weighted by Crippen LogP contribution is -2.39. The number of fused-ring (bicyclic) bond motifs is 3. The first-order chi connectivity index (χ1) is 12.5. The van der Waals surface area contributed by atoms with Gasteiger partial charge in [-0.3, -0.25) is 9.59 Å². The zero-order chi connectivity index (χ0) is 18.3. The number of rotatable bonds is 3. The molecule has 26 heavy (non-hydrogen) atoms. The predicted octanol–water partition coefficient (Wildman–Crippen LogP) is 2.94. The Bertz CT molecular complexity index is 912. The van der Waals surface area contributed by atoms with Crippen LogP contribution in [0.3, 0.4) is 0 Å². The number of ketones is 1. The molecule has 6 nitrogen and oxygen atoms in total. The van der Waals surface area contributed by atoms with Gasteiger partial charge in [-0.05, 0) is 37.8 Å². The number of carbonyl (C=O) groups is 2. The highest BCUT2D eigenvalue weighted by molar-refractivity contribution is 5.87. The normalized spacial score (nSPS) is 25.2. The summed E-state index contributed by atoms with van der Waals surface area (Å²) in [6, 6.07) is 5.77. The van der Waals surface area contributed by atoms with Gasteiger partial charge in [-0.2, -0.15) is 0 Å². The summed E-state index contributed by atoms with van der Waals surface area (Å²) in [6.07, 6.45) is 3.93. The average molecular weight is 356 g/mol. The van der Waals surface area contributed by atoms with Crippen LogP contribution in [-0.4, -0.2) is 16.9 Å². The third-order valence-electron chi connectivity index (χ3n) is 5.57. The van der Waals surface area contributed by atoms with Crippen molar-refractivity contribution in [1.29, 1.82) is 0 Å². The Morgan fingerprint density at radius 3 is 2.62 bits per heavy atom. The lowest BCUT2D eigenvalue weighted by molar-refractivity contribution is -0.154. The molecule has 2 aliphatic rings. The van der Waals surface area contributed by atoms with Crippen molar-refractivity contribution < 1.29 is 23.8 Å². The monoisotopic (exact) mass is 356 g/mol. The van der Waals surface area contributed by atoms with Crippen molar-refractivity contribution in [1.82, 2.24) is 0 Å². The highest BCUT2D eigenvalue weighted by Gasteiger charge is 2.41. The first-order valence-electron chi connectivity index (χ1n) is 8.97. The van der Waals surface area contributed by atoms with E-state index in [1.807, 2.05) is 0 Å². The molecule has 0 aliphatic heterocycles. The van der Waals surface area contributed by atoms with Crippen LogP contribution in [0.25, 0.3) is 11.0 Å². The standard InChI is InChI=1S/C20H20O6/c21-15-4-5-16-14(8-18(22)26-17(16)9-15)10-25-20(24)13-6-11-2-1-3-12(7-13)19(11)23/h4-5,8-9,11-13,21H,1-3,6-7,10H2. The van der Waals surface area contributed by atoms with E-state index in [9.17, 15) is 19.5 Å². The minimum Gasteiger partial charge on any atom is -0.508 e. The highest BCUT2D eigenvalue weighted by Crippen LogP contribution is 2.40. The molecule has 0 radical (unpaired) electrons. The number of aromatic hydroxyl groups is 1. The van der Waals surface area contributed by atoms with E-state index in [4.69, 9.17) is 9.15 Å². The Hall–Kier alpha value is -2.63. The van der Waals surface area contributed by atoms with Crippen molar-refractivity contribution in [3.8, 4) is 5.75 Å². The number of ether oxygens (including phenoxy) is 1. The fourth-order valence-corrected chi connectivity index (χ4v) is 4.28. The van der Waals surface area contributed by atoms with Crippen LogP contribution in [0.5, 0.6) is 5.75 Å². The number of carbonyl (C=O) groups excluding carboxylic acids is 2. The van der Waals surface area contributed by atoms with E-state index in [0.717, 1.165) is 19.3 Å². The zero-order valence-corrected chi connectivity index (χ0v) is 14.3. The van der Waals surface area contributed by atoms with Gasteiger partial charge >= 0.3 is 11.6 Å². The molecule has 2 aromatic rings. The SMILES string of the molecule is O=C(OCc1cc(=O)oc2cc(O)ccc12)C1CC2CCCC(C1)C2=O. The van der Waals surface area contributed by atoms with Crippen LogP contribution in [0.15, 0.2) is 33.5 Å². The van der Waals surface area contributed by atoms with Crippen molar-refractivity contribution in [2.75, 3.05) is 0 Å². The molecule has 0 spiro atoms. The second kappa shape index (κ2) is 6.59. The molecule has 2 unspecified atom stereocenters. The molecule has 1 heterocycles. The molecule has 0 amide bonds. The van der Waals surface area contributed by atoms with Gasteiger partial charge in [-0.15, -0.1) is 0 Å². The third kappa shape index (κ3) is 3.11. The summed E-state index contributed by atoms with van der Waals surface area (Å²) < 4.78 is 10.5. The van der Waals surface area contributed by atoms with Gasteiger partial charge in [0.15, 0.2) is 0 Å². The fraction of sp³-hybridized carbons (Fsp3) is 0.450. The first kappa shape index (κ1) is 16.8. The van der Waals surface area contributed by atoms with Gasteiger partial charge in [-0.25, -0.2) is 4.79 Å². The predicted molar refractivity (Wildman–Crippen MR) is 92.5 cm³/mol. The number of hydrogen-bond donors (Lipinski definition) is 1. The Kier molecular flexibility index (Phi) is 4.26. The van der Waals surface area contributed by atoms with Gasteiger partial charge in [-0.1, -0.05) is 6.42 Å². The lowest BCUT2D eigenvalue weighted by Gasteiger charge is -2.36. The second-order valence-corrected chi connectivity index (χ2v) is 7.27. The summed E-state index contributed by atoms with van der Waals surface area (Å²) in [4.78, 5) is 36.4. The van der Waals surface area contributed by atoms with Crippen molar-refractivity contribution in [2.24, 2.45) is 17.8 Å². The van der Waals surface area contributed by atoms with Crippen molar-refractivity contribution >= 4 is 22.7 Å². The van der Waals surface area contributed by atoms with E-state index in [-0.39, 0.29) is 41.7 Å². The number of esters is 1. The summed E-state index contributed by atoms with van der Waals surface area (Å²) >= 11 is 0. The van der Waals surface area contributed by atoms with Gasteiger partial charge in [0.2, 0.25) is 0 Å². The average Bonchev–Trinajstić information content (AvgIpc) is 2.58. The van der Waals surface area contributed by atoms with Gasteiger partial charge in [0, 0.05) is 34.9 Å². The largest absolute Gasteiger partial charge is 0.508 e. The van der Waals surface area contributed by atoms with E-state index >= 15 is 0 Å². The Morgan fingerprint density at radius 2 is 1.88 bits per heavy atom. The minimum atomic E-state index is -0.563. The molecule has 1 aromatic carbocycles. The van der Waals surface area contributed by atoms with Crippen LogP contribution in [0.2, 0.25) is 0 Å². The van der Waals surface area contributed by atoms with Crippen molar-refractivity contribution in [3.05, 3.63) is 40.2 Å². The number of Topliss-reactive ketones (excluding diaryl/α,β-unsaturated/α-hetero) is 1. The topological polar surface area (TPSA) is 93.8 Å². The summed E-state index contributed by atoms with van der Waals surface area (Å²) in [5.41, 5.74) is 0.227. The maximum atomic E-state index is 12.5. The number of phenols is 1. The van der Waals surface area contributed by atoms with Crippen LogP contribution >= 0.6 is 0 Å². The van der Waals surface area contributed by atoms with E-state index in [0.29, 0.717) is 29.6 Å². The molecule has 1 aromatic heterocycles. The fourth-order valence-electron chi connectivity index (χ4n) is 4.28. The van der Waals surface area contributed by atoms with Crippen LogP contribution in [0.1, 0.15) is 37.7 Å². The molecular formula is C20H20O6. The summed E-state index contributed by atoms with van der Waals surface area (Å²) in [7, 11) is 0. The van der Waals surface area contributed by atoms with Gasteiger partial charge in [0.25, 0.3) is 0 Å². The maximum Gasteiger partial charge on any atom is 0.336 e. The maximum absolute atomic E-state index is 12.5. The Morgan fingerprint density at radius 1 is 1.15 bits per heavy atom. The smallest absolute Gasteiger partial charge is 0.336 e. The summed E-state index contributed by atoms with van der Waals surface area (Å²) in [5.74, 6) is -0.270. The summed E-state index contributed by atoms with van der Waals surface area (Å²) in [5, 5.41) is 10.1. The van der Waals surface area contributed by atoms with E-state index in [1.165, 1.54) is 18.2 Å². The molecule has 2 atom stereocenters. The van der Waals surface area contributed by atoms with Crippen LogP contribution < -0.4 is 5.63 Å². The van der Waals surface area contributed by atoms with Gasteiger partial charge in [0.1, 0.15) is 23.7 Å². The zero-order valence-electron chi connectivity index (χ0n) is 14.3. The molecule has 1 N–H and O–H groups in total.